The summed E-state index contributed by atoms with van der Waals surface area (Å²) in [5.74, 6) is 0.565. The number of nitrogens with zero attached hydrogens (tertiary/aromatic N) is 1. The van der Waals surface area contributed by atoms with Crippen molar-refractivity contribution in [1.82, 2.24) is 4.90 Å². The predicted molar refractivity (Wildman–Crippen MR) is 110 cm³/mol. The number of carbonyl (C=O) groups excluding carboxylic acids is 1. The van der Waals surface area contributed by atoms with Crippen LogP contribution in [0.5, 0.6) is 0 Å². The molecule has 28 heavy (non-hydrogen) atoms. The van der Waals surface area contributed by atoms with Gasteiger partial charge >= 0.3 is 0 Å². The van der Waals surface area contributed by atoms with Crippen molar-refractivity contribution in [3.05, 3.63) is 65.7 Å². The molecule has 0 bridgehead atoms. The Labute approximate surface area is 167 Å². The van der Waals surface area contributed by atoms with Gasteiger partial charge in [-0.15, -0.1) is 0 Å². The molecule has 1 amide bonds. The SMILES string of the molecule is CC1CC2CCCCC2N1C(=O)c1cccc(CS(=O)(=O)c2ccccc2)c1. The third kappa shape index (κ3) is 3.72. The van der Waals surface area contributed by atoms with E-state index in [-0.39, 0.29) is 17.7 Å². The average Bonchev–Trinajstić information content (AvgIpc) is 3.03. The number of benzene rings is 2. The Morgan fingerprint density at radius 3 is 2.57 bits per heavy atom. The van der Waals surface area contributed by atoms with Crippen LogP contribution in [0.25, 0.3) is 0 Å². The second-order valence-electron chi connectivity index (χ2n) is 8.18. The summed E-state index contributed by atoms with van der Waals surface area (Å²) in [6.45, 7) is 2.14. The maximum absolute atomic E-state index is 13.3. The number of carbonyl (C=O) groups is 1. The highest BCUT2D eigenvalue weighted by atomic mass is 32.2. The fraction of sp³-hybridized carbons (Fsp3) is 0.435. The molecule has 0 radical (unpaired) electrons. The molecule has 2 aromatic carbocycles. The molecule has 0 spiro atoms. The Balaban J connectivity index is 1.56. The van der Waals surface area contributed by atoms with E-state index in [0.29, 0.717) is 28.0 Å². The van der Waals surface area contributed by atoms with E-state index in [0.717, 1.165) is 12.8 Å². The van der Waals surface area contributed by atoms with E-state index in [1.54, 1.807) is 48.5 Å². The third-order valence-electron chi connectivity index (χ3n) is 6.21. The van der Waals surface area contributed by atoms with Crippen molar-refractivity contribution in [1.29, 1.82) is 0 Å². The van der Waals surface area contributed by atoms with Gasteiger partial charge in [0.05, 0.1) is 10.6 Å². The van der Waals surface area contributed by atoms with E-state index in [4.69, 9.17) is 0 Å². The molecule has 0 aromatic heterocycles. The van der Waals surface area contributed by atoms with Gasteiger partial charge in [0, 0.05) is 17.6 Å². The highest BCUT2D eigenvalue weighted by Crippen LogP contribution is 2.40. The van der Waals surface area contributed by atoms with Gasteiger partial charge in [0.2, 0.25) is 0 Å². The van der Waals surface area contributed by atoms with Crippen LogP contribution in [0.2, 0.25) is 0 Å². The van der Waals surface area contributed by atoms with E-state index in [2.05, 4.69) is 11.8 Å². The van der Waals surface area contributed by atoms with Gasteiger partial charge in [0.1, 0.15) is 0 Å². The van der Waals surface area contributed by atoms with Crippen LogP contribution >= 0.6 is 0 Å². The van der Waals surface area contributed by atoms with Gasteiger partial charge < -0.3 is 4.90 Å². The van der Waals surface area contributed by atoms with Crippen molar-refractivity contribution in [2.75, 3.05) is 0 Å². The summed E-state index contributed by atoms with van der Waals surface area (Å²) in [7, 11) is -3.43. The summed E-state index contributed by atoms with van der Waals surface area (Å²) in [4.78, 5) is 15.7. The number of hydrogen-bond acceptors (Lipinski definition) is 3. The molecule has 2 aliphatic rings. The van der Waals surface area contributed by atoms with Crippen LogP contribution in [0.4, 0.5) is 0 Å². The number of sulfone groups is 1. The summed E-state index contributed by atoms with van der Waals surface area (Å²) in [6, 6.07) is 16.2. The Morgan fingerprint density at radius 2 is 1.79 bits per heavy atom. The summed E-state index contributed by atoms with van der Waals surface area (Å²) in [5.41, 5.74) is 1.25. The molecular formula is C23H27NO3S. The van der Waals surface area contributed by atoms with Gasteiger partial charge in [0.15, 0.2) is 9.84 Å². The third-order valence-corrected chi connectivity index (χ3v) is 7.92. The van der Waals surface area contributed by atoms with Gasteiger partial charge in [-0.05, 0) is 61.9 Å². The lowest BCUT2D eigenvalue weighted by molar-refractivity contribution is 0.0633. The average molecular weight is 398 g/mol. The van der Waals surface area contributed by atoms with Crippen molar-refractivity contribution in [3.63, 3.8) is 0 Å². The first-order valence-corrected chi connectivity index (χ1v) is 11.8. The largest absolute Gasteiger partial charge is 0.333 e. The summed E-state index contributed by atoms with van der Waals surface area (Å²) in [5, 5.41) is 0. The molecule has 148 valence electrons. The molecular weight excluding hydrogens is 370 g/mol. The van der Waals surface area contributed by atoms with Crippen molar-refractivity contribution in [2.45, 2.75) is 61.8 Å². The summed E-state index contributed by atoms with van der Waals surface area (Å²) >= 11 is 0. The highest BCUT2D eigenvalue weighted by Gasteiger charge is 2.42. The lowest BCUT2D eigenvalue weighted by Crippen LogP contribution is -2.42. The zero-order chi connectivity index (χ0) is 19.7. The van der Waals surface area contributed by atoms with Crippen molar-refractivity contribution < 1.29 is 13.2 Å². The Hall–Kier alpha value is -2.14. The minimum absolute atomic E-state index is 0.0425. The summed E-state index contributed by atoms with van der Waals surface area (Å²) in [6.07, 6.45) is 5.84. The van der Waals surface area contributed by atoms with Crippen molar-refractivity contribution >= 4 is 15.7 Å². The zero-order valence-corrected chi connectivity index (χ0v) is 17.1. The van der Waals surface area contributed by atoms with Gasteiger partial charge in [-0.25, -0.2) is 8.42 Å². The number of hydrogen-bond donors (Lipinski definition) is 0. The number of amides is 1. The molecule has 1 heterocycles. The molecule has 1 saturated carbocycles. The van der Waals surface area contributed by atoms with Gasteiger partial charge in [-0.1, -0.05) is 43.2 Å². The van der Waals surface area contributed by atoms with E-state index >= 15 is 0 Å². The van der Waals surface area contributed by atoms with Crippen molar-refractivity contribution in [2.24, 2.45) is 5.92 Å². The fourth-order valence-corrected chi connectivity index (χ4v) is 6.29. The van der Waals surface area contributed by atoms with Crippen LogP contribution in [0.1, 0.15) is 54.9 Å². The molecule has 3 unspecified atom stereocenters. The first kappa shape index (κ1) is 19.2. The van der Waals surface area contributed by atoms with Crippen molar-refractivity contribution in [3.8, 4) is 0 Å². The lowest BCUT2D eigenvalue weighted by Gasteiger charge is -2.33. The number of rotatable bonds is 4. The molecule has 1 aliphatic heterocycles. The first-order chi connectivity index (χ1) is 13.5. The number of fused-ring (bicyclic) bond motifs is 1. The summed E-state index contributed by atoms with van der Waals surface area (Å²) < 4.78 is 25.4. The predicted octanol–water partition coefficient (Wildman–Crippen LogP) is 4.45. The minimum atomic E-state index is -3.43. The van der Waals surface area contributed by atoms with Crippen LogP contribution in [-0.4, -0.2) is 31.3 Å². The van der Waals surface area contributed by atoms with Crippen LogP contribution < -0.4 is 0 Å². The van der Waals surface area contributed by atoms with E-state index in [9.17, 15) is 13.2 Å². The first-order valence-electron chi connectivity index (χ1n) is 10.1. The van der Waals surface area contributed by atoms with Crippen LogP contribution in [0.3, 0.4) is 0 Å². The maximum atomic E-state index is 13.3. The second kappa shape index (κ2) is 7.70. The van der Waals surface area contributed by atoms with Crippen LogP contribution in [0, 0.1) is 5.92 Å². The molecule has 2 aromatic rings. The van der Waals surface area contributed by atoms with Gasteiger partial charge in [-0.2, -0.15) is 0 Å². The topological polar surface area (TPSA) is 54.5 Å². The molecule has 3 atom stereocenters. The van der Waals surface area contributed by atoms with Crippen LogP contribution in [0.15, 0.2) is 59.5 Å². The van der Waals surface area contributed by atoms with Gasteiger partial charge in [-0.3, -0.25) is 4.79 Å². The monoisotopic (exact) mass is 397 g/mol. The molecule has 1 saturated heterocycles. The molecule has 0 N–H and O–H groups in total. The Bertz CT molecular complexity index is 955. The molecule has 5 heteroatoms. The van der Waals surface area contributed by atoms with Gasteiger partial charge in [0.25, 0.3) is 5.91 Å². The highest BCUT2D eigenvalue weighted by molar-refractivity contribution is 7.90. The second-order valence-corrected chi connectivity index (χ2v) is 10.2. The van der Waals surface area contributed by atoms with E-state index in [1.165, 1.54) is 19.3 Å². The molecule has 1 aliphatic carbocycles. The standard InChI is InChI=1S/C23H27NO3S/c1-17-14-19-9-5-6-13-22(19)24(17)23(25)20-10-7-8-18(15-20)16-28(26,27)21-11-3-2-4-12-21/h2-4,7-8,10-12,15,17,19,22H,5-6,9,13-14,16H2,1H3. The minimum Gasteiger partial charge on any atom is -0.333 e. The Kier molecular flexibility index (Phi) is 5.28. The quantitative estimate of drug-likeness (QED) is 0.766. The normalized spacial score (nSPS) is 24.8. The van der Waals surface area contributed by atoms with Crippen LogP contribution in [-0.2, 0) is 15.6 Å². The lowest BCUT2D eigenvalue weighted by atomic mass is 9.85. The smallest absolute Gasteiger partial charge is 0.254 e. The zero-order valence-electron chi connectivity index (χ0n) is 16.3. The fourth-order valence-electron chi connectivity index (χ4n) is 4.93. The number of likely N-dealkylation sites (tertiary alicyclic amines) is 1. The maximum Gasteiger partial charge on any atom is 0.254 e. The molecule has 4 rings (SSSR count). The molecule has 4 nitrogen and oxygen atoms in total. The molecule has 2 fully saturated rings. The van der Waals surface area contributed by atoms with E-state index in [1.807, 2.05) is 6.07 Å². The van der Waals surface area contributed by atoms with E-state index < -0.39 is 9.84 Å². The Morgan fingerprint density at radius 1 is 1.04 bits per heavy atom.